The second-order valence-electron chi connectivity index (χ2n) is 10.3. The quantitative estimate of drug-likeness (QED) is 0.363. The predicted molar refractivity (Wildman–Crippen MR) is 140 cm³/mol. The Kier molecular flexibility index (Phi) is 8.41. The zero-order valence-electron chi connectivity index (χ0n) is 21.1. The molecule has 0 amide bonds. The fourth-order valence-electron chi connectivity index (χ4n) is 4.52. The molecule has 6 nitrogen and oxygen atoms in total. The molecule has 2 unspecified atom stereocenters. The van der Waals surface area contributed by atoms with E-state index in [4.69, 9.17) is 10.5 Å². The molecule has 0 bridgehead atoms. The largest absolute Gasteiger partial charge is 0.507 e. The first-order valence-electron chi connectivity index (χ1n) is 12.1. The summed E-state index contributed by atoms with van der Waals surface area (Å²) in [6, 6.07) is 9.22. The van der Waals surface area contributed by atoms with E-state index in [9.17, 15) is 15.0 Å². The molecule has 1 aliphatic rings. The Hall–Kier alpha value is -3.09. The Bertz CT molecular complexity index is 1090. The molecule has 4 N–H and O–H groups in total. The number of carbonyl (C=O) groups is 1. The van der Waals surface area contributed by atoms with Gasteiger partial charge in [-0.2, -0.15) is 0 Å². The molecular weight excluding hydrogens is 440 g/mol. The van der Waals surface area contributed by atoms with E-state index in [2.05, 4.69) is 18.1 Å². The molecule has 3 rings (SSSR count). The lowest BCUT2D eigenvalue weighted by Crippen LogP contribution is -2.49. The van der Waals surface area contributed by atoms with Gasteiger partial charge >= 0.3 is 5.97 Å². The van der Waals surface area contributed by atoms with Crippen LogP contribution in [-0.4, -0.2) is 39.4 Å². The van der Waals surface area contributed by atoms with E-state index in [1.54, 1.807) is 12.1 Å². The van der Waals surface area contributed by atoms with Crippen molar-refractivity contribution in [2.45, 2.75) is 64.8 Å². The summed E-state index contributed by atoms with van der Waals surface area (Å²) >= 11 is 0. The van der Waals surface area contributed by atoms with Crippen LogP contribution in [0.2, 0.25) is 0 Å². The third-order valence-electron chi connectivity index (χ3n) is 6.23. The third kappa shape index (κ3) is 6.74. The molecule has 35 heavy (non-hydrogen) atoms. The number of likely N-dealkylation sites (tertiary alicyclic amines) is 1. The summed E-state index contributed by atoms with van der Waals surface area (Å²) in [4.78, 5) is 14.6. The lowest BCUT2D eigenvalue weighted by Gasteiger charge is -2.37. The van der Waals surface area contributed by atoms with Crippen LogP contribution in [0.15, 0.2) is 55.6 Å². The molecule has 2 aromatic rings. The van der Waals surface area contributed by atoms with E-state index < -0.39 is 5.60 Å². The highest BCUT2D eigenvalue weighted by molar-refractivity contribution is 5.78. The van der Waals surface area contributed by atoms with Crippen LogP contribution in [0.25, 0.3) is 11.1 Å². The SMILES string of the molecule is C=CCc1ccc(O)c(-c2cc(CC=C)cc(CN3CCC(C(=O)OC(C)(C)C)CC3N)c2O)c1. The van der Waals surface area contributed by atoms with Crippen molar-refractivity contribution in [3.63, 3.8) is 0 Å². The smallest absolute Gasteiger partial charge is 0.309 e. The Balaban J connectivity index is 1.87. The van der Waals surface area contributed by atoms with Crippen molar-refractivity contribution in [3.05, 3.63) is 72.3 Å². The van der Waals surface area contributed by atoms with Gasteiger partial charge < -0.3 is 20.7 Å². The van der Waals surface area contributed by atoms with Gasteiger partial charge in [-0.1, -0.05) is 24.3 Å². The summed E-state index contributed by atoms with van der Waals surface area (Å²) in [7, 11) is 0. The molecule has 2 aromatic carbocycles. The standard InChI is InChI=1S/C29H38N2O4/c1-6-8-19-10-11-25(32)23(15-19)24-16-20(9-7-2)14-22(27(24)33)18-31-13-12-21(17-26(31)30)28(34)35-29(3,4)5/h6-7,10-11,14-16,21,26,32-33H,1-2,8-9,12-13,17-18,30H2,3-5H3. The Morgan fingerprint density at radius 3 is 2.40 bits per heavy atom. The normalized spacial score (nSPS) is 18.7. The summed E-state index contributed by atoms with van der Waals surface area (Å²) in [5.41, 5.74) is 9.77. The number of allylic oxidation sites excluding steroid dienone is 2. The topological polar surface area (TPSA) is 96.0 Å². The van der Waals surface area contributed by atoms with Crippen LogP contribution in [0, 0.1) is 5.92 Å². The first kappa shape index (κ1) is 26.5. The van der Waals surface area contributed by atoms with Gasteiger partial charge in [0.1, 0.15) is 17.1 Å². The minimum atomic E-state index is -0.527. The third-order valence-corrected chi connectivity index (χ3v) is 6.23. The first-order valence-corrected chi connectivity index (χ1v) is 12.1. The second-order valence-corrected chi connectivity index (χ2v) is 10.3. The second kappa shape index (κ2) is 11.1. The number of carbonyl (C=O) groups excluding carboxylic acids is 1. The van der Waals surface area contributed by atoms with Crippen LogP contribution in [0.4, 0.5) is 0 Å². The van der Waals surface area contributed by atoms with Crippen molar-refractivity contribution in [2.24, 2.45) is 11.7 Å². The minimum absolute atomic E-state index is 0.102. The minimum Gasteiger partial charge on any atom is -0.507 e. The van der Waals surface area contributed by atoms with Crippen molar-refractivity contribution in [1.29, 1.82) is 0 Å². The summed E-state index contributed by atoms with van der Waals surface area (Å²) < 4.78 is 5.55. The van der Waals surface area contributed by atoms with Gasteiger partial charge in [-0.25, -0.2) is 0 Å². The molecule has 0 spiro atoms. The van der Waals surface area contributed by atoms with Crippen molar-refractivity contribution < 1.29 is 19.7 Å². The maximum Gasteiger partial charge on any atom is 0.309 e. The fraction of sp³-hybridized carbons (Fsp3) is 0.414. The average molecular weight is 479 g/mol. The first-order chi connectivity index (χ1) is 16.5. The number of esters is 1. The van der Waals surface area contributed by atoms with Crippen LogP contribution < -0.4 is 5.73 Å². The van der Waals surface area contributed by atoms with Gasteiger partial charge in [0.2, 0.25) is 0 Å². The van der Waals surface area contributed by atoms with Crippen LogP contribution in [-0.2, 0) is 28.9 Å². The van der Waals surface area contributed by atoms with Crippen LogP contribution in [0.3, 0.4) is 0 Å². The van der Waals surface area contributed by atoms with Crippen LogP contribution >= 0.6 is 0 Å². The van der Waals surface area contributed by atoms with Gasteiger partial charge in [-0.15, -0.1) is 13.2 Å². The van der Waals surface area contributed by atoms with Crippen LogP contribution in [0.5, 0.6) is 11.5 Å². The van der Waals surface area contributed by atoms with Gasteiger partial charge in [0.15, 0.2) is 0 Å². The van der Waals surface area contributed by atoms with Crippen LogP contribution in [0.1, 0.15) is 50.3 Å². The maximum atomic E-state index is 12.5. The number of benzene rings is 2. The lowest BCUT2D eigenvalue weighted by atomic mass is 9.92. The Labute approximate surface area is 208 Å². The lowest BCUT2D eigenvalue weighted by molar-refractivity contribution is -0.162. The number of hydrogen-bond acceptors (Lipinski definition) is 6. The van der Waals surface area contributed by atoms with E-state index in [0.717, 1.165) is 16.7 Å². The van der Waals surface area contributed by atoms with Gasteiger partial charge in [-0.3, -0.25) is 9.69 Å². The van der Waals surface area contributed by atoms with E-state index in [1.807, 2.05) is 51.1 Å². The predicted octanol–water partition coefficient (Wildman–Crippen LogP) is 5.06. The number of nitrogens with zero attached hydrogens (tertiary/aromatic N) is 1. The van der Waals surface area contributed by atoms with Gasteiger partial charge in [0.25, 0.3) is 0 Å². The molecule has 188 valence electrons. The highest BCUT2D eigenvalue weighted by Gasteiger charge is 2.33. The summed E-state index contributed by atoms with van der Waals surface area (Å²) in [6.07, 6.45) is 5.71. The summed E-state index contributed by atoms with van der Waals surface area (Å²) in [6.45, 7) is 14.3. The molecular formula is C29H38N2O4. The molecule has 0 saturated carbocycles. The Morgan fingerprint density at radius 1 is 1.11 bits per heavy atom. The number of piperidine rings is 1. The van der Waals surface area contributed by atoms with E-state index in [0.29, 0.717) is 49.9 Å². The maximum absolute atomic E-state index is 12.5. The average Bonchev–Trinajstić information content (AvgIpc) is 2.77. The van der Waals surface area contributed by atoms with E-state index in [1.165, 1.54) is 0 Å². The number of ether oxygens (including phenoxy) is 1. The highest BCUT2D eigenvalue weighted by atomic mass is 16.6. The number of aromatic hydroxyl groups is 2. The summed E-state index contributed by atoms with van der Waals surface area (Å²) in [5.74, 6) is -0.225. The molecule has 1 aliphatic heterocycles. The molecule has 1 heterocycles. The number of rotatable bonds is 8. The molecule has 0 aromatic heterocycles. The number of phenols is 2. The zero-order valence-corrected chi connectivity index (χ0v) is 21.1. The zero-order chi connectivity index (χ0) is 25.8. The molecule has 1 saturated heterocycles. The summed E-state index contributed by atoms with van der Waals surface area (Å²) in [5, 5.41) is 21.9. The molecule has 1 fully saturated rings. The van der Waals surface area contributed by atoms with Gasteiger partial charge in [-0.05, 0) is 75.8 Å². The number of phenolic OH excluding ortho intramolecular Hbond substituents is 2. The Morgan fingerprint density at radius 2 is 1.77 bits per heavy atom. The fourth-order valence-corrected chi connectivity index (χ4v) is 4.52. The molecule has 0 aliphatic carbocycles. The van der Waals surface area contributed by atoms with E-state index in [-0.39, 0.29) is 29.6 Å². The van der Waals surface area contributed by atoms with Crippen molar-refractivity contribution >= 4 is 5.97 Å². The number of hydrogen-bond donors (Lipinski definition) is 3. The van der Waals surface area contributed by atoms with Gasteiger partial charge in [0, 0.05) is 29.8 Å². The van der Waals surface area contributed by atoms with Gasteiger partial charge in [0.05, 0.1) is 12.1 Å². The number of nitrogens with two attached hydrogens (primary N) is 1. The molecule has 6 heteroatoms. The monoisotopic (exact) mass is 478 g/mol. The van der Waals surface area contributed by atoms with Crippen molar-refractivity contribution in [2.75, 3.05) is 6.54 Å². The van der Waals surface area contributed by atoms with Crippen molar-refractivity contribution in [1.82, 2.24) is 4.90 Å². The van der Waals surface area contributed by atoms with Crippen molar-refractivity contribution in [3.8, 4) is 22.6 Å². The molecule has 0 radical (unpaired) electrons. The molecule has 2 atom stereocenters. The highest BCUT2D eigenvalue weighted by Crippen LogP contribution is 2.40. The van der Waals surface area contributed by atoms with E-state index >= 15 is 0 Å².